The van der Waals surface area contributed by atoms with E-state index < -0.39 is 0 Å². The molecule has 30 heavy (non-hydrogen) atoms. The van der Waals surface area contributed by atoms with Gasteiger partial charge in [-0.15, -0.1) is 0 Å². The minimum absolute atomic E-state index is 0.0253. The summed E-state index contributed by atoms with van der Waals surface area (Å²) in [6.07, 6.45) is 3.22. The molecule has 0 amide bonds. The summed E-state index contributed by atoms with van der Waals surface area (Å²) in [4.78, 5) is 20.0. The van der Waals surface area contributed by atoms with Crippen LogP contribution in [0.3, 0.4) is 0 Å². The number of hydrogen-bond acceptors (Lipinski definition) is 7. The van der Waals surface area contributed by atoms with Crippen LogP contribution in [0.5, 0.6) is 11.6 Å². The van der Waals surface area contributed by atoms with Gasteiger partial charge in [0.15, 0.2) is 0 Å². The number of pyridine rings is 1. The highest BCUT2D eigenvalue weighted by molar-refractivity contribution is 6.32. The van der Waals surface area contributed by atoms with Crippen molar-refractivity contribution in [1.29, 1.82) is 0 Å². The highest BCUT2D eigenvalue weighted by atomic mass is 35.5. The van der Waals surface area contributed by atoms with Gasteiger partial charge >= 0.3 is 0 Å². The van der Waals surface area contributed by atoms with E-state index in [0.29, 0.717) is 28.2 Å². The van der Waals surface area contributed by atoms with Crippen molar-refractivity contribution in [3.8, 4) is 34.5 Å². The first-order valence-electron chi connectivity index (χ1n) is 9.83. The van der Waals surface area contributed by atoms with Gasteiger partial charge in [-0.2, -0.15) is 4.98 Å². The number of nitrogens with zero attached hydrogens (tertiary/aromatic N) is 3. The Kier molecular flexibility index (Phi) is 5.72. The first-order chi connectivity index (χ1) is 14.4. The molecule has 1 aliphatic carbocycles. The summed E-state index contributed by atoms with van der Waals surface area (Å²) < 4.78 is 16.8. The summed E-state index contributed by atoms with van der Waals surface area (Å²) in [5.74, 6) is 2.27. The van der Waals surface area contributed by atoms with Gasteiger partial charge in [0.1, 0.15) is 22.7 Å². The highest BCUT2D eigenvalue weighted by Gasteiger charge is 2.33. The Morgan fingerprint density at radius 2 is 1.93 bits per heavy atom. The summed E-state index contributed by atoms with van der Waals surface area (Å²) >= 11 is 6.24. The Labute approximate surface area is 179 Å². The monoisotopic (exact) mass is 427 g/mol. The Hall–Kier alpha value is -2.93. The molecule has 2 heterocycles. The molecule has 4 rings (SSSR count). The van der Waals surface area contributed by atoms with Gasteiger partial charge in [0.2, 0.25) is 11.7 Å². The van der Waals surface area contributed by atoms with Crippen LogP contribution in [0.4, 0.5) is 0 Å². The Balaban J connectivity index is 1.43. The molecular weight excluding hydrogens is 406 g/mol. The first-order valence-corrected chi connectivity index (χ1v) is 10.2. The van der Waals surface area contributed by atoms with E-state index in [1.165, 1.54) is 0 Å². The summed E-state index contributed by atoms with van der Waals surface area (Å²) in [7, 11) is 0. The van der Waals surface area contributed by atoms with E-state index in [-0.39, 0.29) is 23.9 Å². The molecule has 0 spiro atoms. The topological polar surface area (TPSA) is 87.3 Å². The van der Waals surface area contributed by atoms with Gasteiger partial charge in [-0.25, -0.2) is 4.98 Å². The average molecular weight is 428 g/mol. The van der Waals surface area contributed by atoms with Gasteiger partial charge in [0, 0.05) is 17.7 Å². The van der Waals surface area contributed by atoms with E-state index in [0.717, 1.165) is 24.2 Å². The minimum Gasteiger partial charge on any atom is -0.490 e. The van der Waals surface area contributed by atoms with Crippen molar-refractivity contribution in [1.82, 2.24) is 15.1 Å². The third kappa shape index (κ3) is 4.46. The van der Waals surface area contributed by atoms with Gasteiger partial charge in [-0.1, -0.05) is 16.8 Å². The number of ketones is 1. The molecule has 7 nitrogen and oxygen atoms in total. The fourth-order valence-electron chi connectivity index (χ4n) is 3.18. The van der Waals surface area contributed by atoms with Crippen molar-refractivity contribution in [2.24, 2.45) is 5.92 Å². The van der Waals surface area contributed by atoms with E-state index in [1.54, 1.807) is 19.2 Å². The Bertz CT molecular complexity index is 1040. The highest BCUT2D eigenvalue weighted by Crippen LogP contribution is 2.33. The van der Waals surface area contributed by atoms with Crippen molar-refractivity contribution in [2.75, 3.05) is 0 Å². The van der Waals surface area contributed by atoms with Gasteiger partial charge in [-0.05, 0) is 63.9 Å². The van der Waals surface area contributed by atoms with Crippen molar-refractivity contribution < 1.29 is 18.8 Å². The predicted octanol–water partition coefficient (Wildman–Crippen LogP) is 4.99. The molecule has 0 atom stereocenters. The van der Waals surface area contributed by atoms with E-state index in [1.807, 2.05) is 38.1 Å². The van der Waals surface area contributed by atoms with Crippen LogP contribution < -0.4 is 9.47 Å². The minimum atomic E-state index is -0.0253. The van der Waals surface area contributed by atoms with Crippen molar-refractivity contribution in [2.45, 2.75) is 45.8 Å². The fourth-order valence-corrected chi connectivity index (χ4v) is 3.39. The van der Waals surface area contributed by atoms with Crippen LogP contribution in [0.2, 0.25) is 5.02 Å². The number of benzene rings is 1. The van der Waals surface area contributed by atoms with Crippen molar-refractivity contribution in [3.63, 3.8) is 0 Å². The number of hydrogen-bond donors (Lipinski definition) is 0. The van der Waals surface area contributed by atoms with Gasteiger partial charge in [0.25, 0.3) is 5.89 Å². The second-order valence-electron chi connectivity index (χ2n) is 7.64. The first kappa shape index (κ1) is 20.3. The molecule has 0 unspecified atom stereocenters. The summed E-state index contributed by atoms with van der Waals surface area (Å²) in [5, 5.41) is 4.42. The summed E-state index contributed by atoms with van der Waals surface area (Å²) in [6, 6.07) is 9.16. The molecule has 2 aromatic heterocycles. The van der Waals surface area contributed by atoms with Gasteiger partial charge in [0.05, 0.1) is 11.7 Å². The van der Waals surface area contributed by atoms with Crippen LogP contribution in [0, 0.1) is 5.92 Å². The molecule has 0 N–H and O–H groups in total. The Morgan fingerprint density at radius 1 is 1.20 bits per heavy atom. The quantitative estimate of drug-likeness (QED) is 0.525. The average Bonchev–Trinajstić information content (AvgIpc) is 3.16. The maximum absolute atomic E-state index is 11.3. The van der Waals surface area contributed by atoms with Gasteiger partial charge in [-0.3, -0.25) is 4.79 Å². The molecular formula is C22H22ClN3O4. The zero-order valence-electron chi connectivity index (χ0n) is 17.0. The van der Waals surface area contributed by atoms with Crippen LogP contribution in [0.1, 0.15) is 33.6 Å². The lowest BCUT2D eigenvalue weighted by molar-refractivity contribution is -0.126. The lowest BCUT2D eigenvalue weighted by atomic mass is 9.80. The zero-order chi connectivity index (χ0) is 21.3. The Morgan fingerprint density at radius 3 is 2.57 bits per heavy atom. The lowest BCUT2D eigenvalue weighted by Gasteiger charge is -2.33. The molecule has 1 aromatic carbocycles. The standard InChI is InChI=1S/C22H22ClN3O4/c1-12(2)28-22-19(23)10-16(11-24-22)21-25-20(26-30-21)14-4-6-17(7-5-14)29-18-8-15(9-18)13(3)27/h4-7,10-12,15,18H,8-9H2,1-3H3/t15-,18+. The maximum atomic E-state index is 11.3. The number of carbonyl (C=O) groups excluding carboxylic acids is 1. The molecule has 156 valence electrons. The predicted molar refractivity (Wildman–Crippen MR) is 112 cm³/mol. The number of carbonyl (C=O) groups is 1. The zero-order valence-corrected chi connectivity index (χ0v) is 17.7. The van der Waals surface area contributed by atoms with Gasteiger partial charge < -0.3 is 14.0 Å². The van der Waals surface area contributed by atoms with Crippen LogP contribution in [0.25, 0.3) is 22.8 Å². The molecule has 0 aliphatic heterocycles. The van der Waals surface area contributed by atoms with Crippen LogP contribution in [-0.2, 0) is 4.79 Å². The second-order valence-corrected chi connectivity index (χ2v) is 8.05. The third-order valence-corrected chi connectivity index (χ3v) is 5.18. The maximum Gasteiger partial charge on any atom is 0.259 e. The second kappa shape index (κ2) is 8.44. The van der Waals surface area contributed by atoms with E-state index in [4.69, 9.17) is 25.6 Å². The molecule has 1 fully saturated rings. The number of rotatable bonds is 7. The van der Waals surface area contributed by atoms with E-state index in [2.05, 4.69) is 15.1 Å². The van der Waals surface area contributed by atoms with Crippen molar-refractivity contribution >= 4 is 17.4 Å². The number of halogens is 1. The SMILES string of the molecule is CC(=O)[C@H]1C[C@@H](Oc2ccc(-c3noc(-c4cnc(OC(C)C)c(Cl)c4)n3)cc2)C1. The smallest absolute Gasteiger partial charge is 0.259 e. The molecule has 1 aliphatic rings. The molecule has 0 radical (unpaired) electrons. The lowest BCUT2D eigenvalue weighted by Crippen LogP contribution is -2.37. The third-order valence-electron chi connectivity index (χ3n) is 4.91. The molecule has 0 bridgehead atoms. The summed E-state index contributed by atoms with van der Waals surface area (Å²) in [5.41, 5.74) is 1.41. The van der Waals surface area contributed by atoms with Crippen LogP contribution in [-0.4, -0.2) is 33.1 Å². The summed E-state index contributed by atoms with van der Waals surface area (Å²) in [6.45, 7) is 5.44. The van der Waals surface area contributed by atoms with Crippen molar-refractivity contribution in [3.05, 3.63) is 41.6 Å². The number of ether oxygens (including phenoxy) is 2. The normalized spacial score (nSPS) is 18.2. The molecule has 0 saturated heterocycles. The number of Topliss-reactive ketones (excluding diaryl/α,β-unsaturated/α-hetero) is 1. The largest absolute Gasteiger partial charge is 0.490 e. The van der Waals surface area contributed by atoms with E-state index >= 15 is 0 Å². The number of aromatic nitrogens is 3. The molecule has 3 aromatic rings. The van der Waals surface area contributed by atoms with E-state index in [9.17, 15) is 4.79 Å². The fraction of sp³-hybridized carbons (Fsp3) is 0.364. The van der Waals surface area contributed by atoms with Crippen LogP contribution in [0.15, 0.2) is 41.1 Å². The van der Waals surface area contributed by atoms with Crippen LogP contribution >= 0.6 is 11.6 Å². The molecule has 8 heteroatoms. The molecule has 1 saturated carbocycles.